The molecule has 3 rings (SSSR count). The van der Waals surface area contributed by atoms with E-state index in [0.29, 0.717) is 30.8 Å². The van der Waals surface area contributed by atoms with Gasteiger partial charge in [0.1, 0.15) is 6.61 Å². The van der Waals surface area contributed by atoms with E-state index in [1.54, 1.807) is 0 Å². The molecule has 0 bridgehead atoms. The highest BCUT2D eigenvalue weighted by molar-refractivity contribution is 5.73. The highest BCUT2D eigenvalue weighted by atomic mass is 16.6. The second-order valence-corrected chi connectivity index (χ2v) is 7.53. The summed E-state index contributed by atoms with van der Waals surface area (Å²) in [5.74, 6) is 1.94. The van der Waals surface area contributed by atoms with Crippen LogP contribution in [0.4, 0.5) is 0 Å². The Bertz CT molecular complexity index is 564. The molecule has 1 atom stereocenters. The largest absolute Gasteiger partial charge is 0.475 e. The summed E-state index contributed by atoms with van der Waals surface area (Å²) in [6.07, 6.45) is 6.88. The smallest absolute Gasteiger partial charge is 0.254 e. The first-order valence-corrected chi connectivity index (χ1v) is 9.67. The van der Waals surface area contributed by atoms with Crippen molar-refractivity contribution in [2.45, 2.75) is 77.2 Å². The van der Waals surface area contributed by atoms with E-state index in [2.05, 4.69) is 10.5 Å². The molecule has 2 aliphatic carbocycles. The summed E-state index contributed by atoms with van der Waals surface area (Å²) in [5.41, 5.74) is 0. The lowest BCUT2D eigenvalue weighted by Gasteiger charge is -2.29. The van der Waals surface area contributed by atoms with Crippen LogP contribution in [0.15, 0.2) is 10.6 Å². The molecule has 2 fully saturated rings. The van der Waals surface area contributed by atoms with Gasteiger partial charge in [-0.2, -0.15) is 0 Å². The Morgan fingerprint density at radius 3 is 2.58 bits per heavy atom. The molecule has 0 aromatic carbocycles. The average Bonchev–Trinajstić information content (AvgIpc) is 3.34. The van der Waals surface area contributed by atoms with Crippen LogP contribution in [-0.2, 0) is 20.9 Å². The summed E-state index contributed by atoms with van der Waals surface area (Å²) in [6, 6.07) is 1.87. The molecule has 2 aliphatic rings. The first-order chi connectivity index (χ1) is 12.6. The number of carbonyl (C=O) groups excluding carboxylic acids is 1. The standard InChI is InChI=1S/C19H30N2O5/c1-13(20-14(2)22)10-23-16-5-7-17(8-6-16)24-12-18-9-19(21-26-18)25-11-15-3-4-15/h9,13,15-17H,3-8,10-12H2,1-2H3,(H,20,22)/t13-,16-,17-/m0/s1. The van der Waals surface area contributed by atoms with E-state index >= 15 is 0 Å². The topological polar surface area (TPSA) is 82.8 Å². The number of hydrogen-bond donors (Lipinski definition) is 1. The van der Waals surface area contributed by atoms with E-state index < -0.39 is 0 Å². The van der Waals surface area contributed by atoms with Crippen LogP contribution >= 0.6 is 0 Å². The molecule has 0 saturated heterocycles. The zero-order valence-electron chi connectivity index (χ0n) is 15.7. The van der Waals surface area contributed by atoms with Crippen molar-refractivity contribution in [1.82, 2.24) is 10.5 Å². The zero-order chi connectivity index (χ0) is 18.4. The third-order valence-corrected chi connectivity index (χ3v) is 4.82. The maximum Gasteiger partial charge on any atom is 0.254 e. The fourth-order valence-corrected chi connectivity index (χ4v) is 3.15. The molecular formula is C19H30N2O5. The Balaban J connectivity index is 1.28. The van der Waals surface area contributed by atoms with Gasteiger partial charge in [-0.1, -0.05) is 0 Å². The lowest BCUT2D eigenvalue weighted by Crippen LogP contribution is -2.36. The normalized spacial score (nSPS) is 24.2. The van der Waals surface area contributed by atoms with Gasteiger partial charge in [-0.15, -0.1) is 0 Å². The van der Waals surface area contributed by atoms with Gasteiger partial charge in [0.05, 0.1) is 25.4 Å². The van der Waals surface area contributed by atoms with Crippen molar-refractivity contribution >= 4 is 5.91 Å². The number of ether oxygens (including phenoxy) is 3. The molecule has 1 aromatic heterocycles. The predicted molar refractivity (Wildman–Crippen MR) is 94.8 cm³/mol. The van der Waals surface area contributed by atoms with Crippen LogP contribution in [0.25, 0.3) is 0 Å². The molecule has 26 heavy (non-hydrogen) atoms. The molecule has 0 radical (unpaired) electrons. The summed E-state index contributed by atoms with van der Waals surface area (Å²) in [6.45, 7) is 5.19. The van der Waals surface area contributed by atoms with Crippen LogP contribution in [0, 0.1) is 5.92 Å². The molecule has 0 aliphatic heterocycles. The van der Waals surface area contributed by atoms with E-state index in [4.69, 9.17) is 18.7 Å². The zero-order valence-corrected chi connectivity index (χ0v) is 15.7. The van der Waals surface area contributed by atoms with Crippen molar-refractivity contribution in [3.05, 3.63) is 11.8 Å². The summed E-state index contributed by atoms with van der Waals surface area (Å²) >= 11 is 0. The molecule has 1 heterocycles. The van der Waals surface area contributed by atoms with E-state index in [0.717, 1.165) is 32.3 Å². The van der Waals surface area contributed by atoms with Crippen molar-refractivity contribution in [2.24, 2.45) is 5.92 Å². The minimum atomic E-state index is -0.0216. The number of aromatic nitrogens is 1. The molecule has 7 heteroatoms. The minimum Gasteiger partial charge on any atom is -0.475 e. The van der Waals surface area contributed by atoms with Crippen molar-refractivity contribution in [1.29, 1.82) is 0 Å². The van der Waals surface area contributed by atoms with Gasteiger partial charge in [-0.25, -0.2) is 0 Å². The van der Waals surface area contributed by atoms with E-state index in [-0.39, 0.29) is 24.2 Å². The molecule has 1 N–H and O–H groups in total. The Hall–Kier alpha value is -1.60. The van der Waals surface area contributed by atoms with Gasteiger partial charge in [0.2, 0.25) is 5.91 Å². The van der Waals surface area contributed by atoms with Gasteiger partial charge < -0.3 is 24.1 Å². The van der Waals surface area contributed by atoms with Gasteiger partial charge in [0, 0.05) is 19.0 Å². The number of carbonyl (C=O) groups is 1. The lowest BCUT2D eigenvalue weighted by atomic mass is 9.95. The SMILES string of the molecule is CC(=O)N[C@@H](C)CO[C@H]1CC[C@H](OCc2cc(OCC3CC3)no2)CC1. The summed E-state index contributed by atoms with van der Waals surface area (Å²) < 4.78 is 22.7. The maximum atomic E-state index is 11.0. The van der Waals surface area contributed by atoms with Crippen molar-refractivity contribution in [2.75, 3.05) is 13.2 Å². The van der Waals surface area contributed by atoms with Crippen molar-refractivity contribution in [3.8, 4) is 5.88 Å². The first-order valence-electron chi connectivity index (χ1n) is 9.67. The van der Waals surface area contributed by atoms with Crippen LogP contribution in [0.1, 0.15) is 58.1 Å². The third kappa shape index (κ3) is 6.61. The van der Waals surface area contributed by atoms with Crippen LogP contribution in [-0.4, -0.2) is 42.5 Å². The molecule has 7 nitrogen and oxygen atoms in total. The summed E-state index contributed by atoms with van der Waals surface area (Å²) in [7, 11) is 0. The van der Waals surface area contributed by atoms with Crippen LogP contribution < -0.4 is 10.1 Å². The average molecular weight is 366 g/mol. The Labute approximate surface area is 154 Å². The monoisotopic (exact) mass is 366 g/mol. The van der Waals surface area contributed by atoms with Crippen LogP contribution in [0.3, 0.4) is 0 Å². The fourth-order valence-electron chi connectivity index (χ4n) is 3.15. The van der Waals surface area contributed by atoms with E-state index in [1.165, 1.54) is 19.8 Å². The molecule has 1 aromatic rings. The van der Waals surface area contributed by atoms with Gasteiger partial charge in [0.15, 0.2) is 5.76 Å². The molecule has 1 amide bonds. The van der Waals surface area contributed by atoms with Crippen molar-refractivity contribution < 1.29 is 23.5 Å². The second-order valence-electron chi connectivity index (χ2n) is 7.53. The summed E-state index contributed by atoms with van der Waals surface area (Å²) in [5, 5.41) is 6.76. The highest BCUT2D eigenvalue weighted by Crippen LogP contribution is 2.29. The fraction of sp³-hybridized carbons (Fsp3) is 0.789. The minimum absolute atomic E-state index is 0.0216. The van der Waals surface area contributed by atoms with Gasteiger partial charge in [-0.3, -0.25) is 4.79 Å². The highest BCUT2D eigenvalue weighted by Gasteiger charge is 2.24. The molecule has 146 valence electrons. The third-order valence-electron chi connectivity index (χ3n) is 4.82. The Kier molecular flexibility index (Phi) is 6.91. The van der Waals surface area contributed by atoms with E-state index in [9.17, 15) is 4.79 Å². The quantitative estimate of drug-likeness (QED) is 0.686. The molecular weight excluding hydrogens is 336 g/mol. The Morgan fingerprint density at radius 1 is 1.23 bits per heavy atom. The van der Waals surface area contributed by atoms with Crippen LogP contribution in [0.5, 0.6) is 5.88 Å². The molecule has 0 unspecified atom stereocenters. The lowest BCUT2D eigenvalue weighted by molar-refractivity contribution is -0.120. The van der Waals surface area contributed by atoms with Crippen LogP contribution in [0.2, 0.25) is 0 Å². The number of hydrogen-bond acceptors (Lipinski definition) is 6. The summed E-state index contributed by atoms with van der Waals surface area (Å²) in [4.78, 5) is 11.0. The Morgan fingerprint density at radius 2 is 1.92 bits per heavy atom. The predicted octanol–water partition coefficient (Wildman–Crippen LogP) is 2.83. The second kappa shape index (κ2) is 9.37. The molecule has 0 spiro atoms. The first kappa shape index (κ1) is 19.2. The van der Waals surface area contributed by atoms with Gasteiger partial charge in [-0.05, 0) is 56.5 Å². The van der Waals surface area contributed by atoms with E-state index in [1.807, 2.05) is 13.0 Å². The number of rotatable bonds is 10. The van der Waals surface area contributed by atoms with Crippen molar-refractivity contribution in [3.63, 3.8) is 0 Å². The maximum absolute atomic E-state index is 11.0. The van der Waals surface area contributed by atoms with Gasteiger partial charge in [0.25, 0.3) is 5.88 Å². The number of nitrogens with one attached hydrogen (secondary N) is 1. The molecule has 2 saturated carbocycles. The number of nitrogens with zero attached hydrogens (tertiary/aromatic N) is 1. The van der Waals surface area contributed by atoms with Gasteiger partial charge >= 0.3 is 0 Å². The number of amides is 1.